The molecule has 0 saturated carbocycles. The fourth-order valence-electron chi connectivity index (χ4n) is 5.12. The van der Waals surface area contributed by atoms with Crippen molar-refractivity contribution in [2.24, 2.45) is 0 Å². The minimum Gasteiger partial charge on any atom is -0.457 e. The number of hydrogen-bond donors (Lipinski definition) is 2. The second-order valence-electron chi connectivity index (χ2n) is 10.9. The second kappa shape index (κ2) is 14.5. The molecule has 2 aliphatic rings. The number of unbranched alkanes of at least 4 members (excludes halogenated alkanes) is 1. The number of benzene rings is 3. The number of sulfonamides is 1. The SMILES string of the molecule is CCCCN(C(=O)NC1CCN(Cc2ccc(Oc3ccc(NS(C)(=O)=O)cc3)cc2)CC1)c1ccc2c(c1)OC(F)(F)O2.Cl. The molecule has 3 aromatic carbocycles. The van der Waals surface area contributed by atoms with E-state index in [1.807, 2.05) is 31.2 Å². The highest BCUT2D eigenvalue weighted by Crippen LogP contribution is 2.43. The molecule has 0 spiro atoms. The monoisotopic (exact) mass is 666 g/mol. The summed E-state index contributed by atoms with van der Waals surface area (Å²) in [5.74, 6) is 1.12. The summed E-state index contributed by atoms with van der Waals surface area (Å²) >= 11 is 0. The lowest BCUT2D eigenvalue weighted by atomic mass is 10.0. The van der Waals surface area contributed by atoms with Crippen LogP contribution >= 0.6 is 12.4 Å². The van der Waals surface area contributed by atoms with Crippen LogP contribution in [0.1, 0.15) is 38.2 Å². The van der Waals surface area contributed by atoms with E-state index in [9.17, 15) is 22.0 Å². The van der Waals surface area contributed by atoms with Gasteiger partial charge in [-0.2, -0.15) is 0 Å². The molecule has 14 heteroatoms. The molecule has 0 aromatic heterocycles. The Labute approximate surface area is 268 Å². The zero-order chi connectivity index (χ0) is 31.3. The van der Waals surface area contributed by atoms with Crippen molar-refractivity contribution in [3.05, 3.63) is 72.3 Å². The highest BCUT2D eigenvalue weighted by atomic mass is 35.5. The van der Waals surface area contributed by atoms with Crippen LogP contribution in [-0.2, 0) is 16.6 Å². The van der Waals surface area contributed by atoms with Crippen LogP contribution in [-0.4, -0.2) is 57.6 Å². The van der Waals surface area contributed by atoms with Crippen LogP contribution in [0.25, 0.3) is 0 Å². The molecule has 244 valence electrons. The molecule has 0 aliphatic carbocycles. The number of ether oxygens (including phenoxy) is 3. The van der Waals surface area contributed by atoms with Gasteiger partial charge in [0.05, 0.1) is 6.26 Å². The average Bonchev–Trinajstić information content (AvgIpc) is 3.29. The fourth-order valence-corrected chi connectivity index (χ4v) is 5.68. The third kappa shape index (κ3) is 9.59. The number of anilines is 2. The van der Waals surface area contributed by atoms with Crippen molar-refractivity contribution in [1.29, 1.82) is 0 Å². The van der Waals surface area contributed by atoms with Gasteiger partial charge in [0.25, 0.3) is 0 Å². The van der Waals surface area contributed by atoms with Crippen molar-refractivity contribution in [2.75, 3.05) is 35.5 Å². The van der Waals surface area contributed by atoms with E-state index >= 15 is 0 Å². The highest BCUT2D eigenvalue weighted by Gasteiger charge is 2.43. The highest BCUT2D eigenvalue weighted by molar-refractivity contribution is 7.92. The lowest BCUT2D eigenvalue weighted by Gasteiger charge is -2.34. The normalized spacial score (nSPS) is 16.0. The number of halogens is 3. The summed E-state index contributed by atoms with van der Waals surface area (Å²) in [6, 6.07) is 18.6. The van der Waals surface area contributed by atoms with Crippen molar-refractivity contribution >= 4 is 39.8 Å². The molecule has 0 atom stereocenters. The Morgan fingerprint density at radius 3 is 2.24 bits per heavy atom. The Morgan fingerprint density at radius 1 is 1.00 bits per heavy atom. The molecule has 45 heavy (non-hydrogen) atoms. The maximum Gasteiger partial charge on any atom is 0.586 e. The molecule has 2 amide bonds. The molecular weight excluding hydrogens is 630 g/mol. The minimum atomic E-state index is -3.71. The zero-order valence-electron chi connectivity index (χ0n) is 25.0. The van der Waals surface area contributed by atoms with Gasteiger partial charge in [0.15, 0.2) is 11.5 Å². The number of amides is 2. The van der Waals surface area contributed by atoms with Gasteiger partial charge in [0, 0.05) is 49.7 Å². The van der Waals surface area contributed by atoms with Crippen LogP contribution in [0.4, 0.5) is 25.0 Å². The van der Waals surface area contributed by atoms with E-state index in [0.29, 0.717) is 29.4 Å². The summed E-state index contributed by atoms with van der Waals surface area (Å²) in [7, 11) is -3.34. The topological polar surface area (TPSA) is 109 Å². The summed E-state index contributed by atoms with van der Waals surface area (Å²) in [5.41, 5.74) is 2.07. The molecule has 2 aliphatic heterocycles. The van der Waals surface area contributed by atoms with E-state index in [-0.39, 0.29) is 36.0 Å². The predicted molar refractivity (Wildman–Crippen MR) is 170 cm³/mol. The lowest BCUT2D eigenvalue weighted by molar-refractivity contribution is -0.286. The van der Waals surface area contributed by atoms with E-state index in [2.05, 4.69) is 24.4 Å². The Morgan fingerprint density at radius 2 is 1.62 bits per heavy atom. The third-order valence-corrected chi connectivity index (χ3v) is 7.92. The van der Waals surface area contributed by atoms with Crippen LogP contribution in [0.5, 0.6) is 23.0 Å². The smallest absolute Gasteiger partial charge is 0.457 e. The number of carbonyl (C=O) groups excluding carboxylic acids is 1. The number of nitrogens with one attached hydrogen (secondary N) is 2. The van der Waals surface area contributed by atoms with Crippen molar-refractivity contribution in [3.8, 4) is 23.0 Å². The van der Waals surface area contributed by atoms with Crippen LogP contribution in [0.2, 0.25) is 0 Å². The Kier molecular flexibility index (Phi) is 11.0. The van der Waals surface area contributed by atoms with Gasteiger partial charge in [-0.1, -0.05) is 25.5 Å². The van der Waals surface area contributed by atoms with E-state index in [1.165, 1.54) is 12.1 Å². The fraction of sp³-hybridized carbons (Fsp3) is 0.387. The molecule has 0 bridgehead atoms. The average molecular weight is 667 g/mol. The molecule has 2 N–H and O–H groups in total. The predicted octanol–water partition coefficient (Wildman–Crippen LogP) is 6.57. The number of alkyl halides is 2. The van der Waals surface area contributed by atoms with Crippen LogP contribution in [0.3, 0.4) is 0 Å². The van der Waals surface area contributed by atoms with Gasteiger partial charge in [-0.25, -0.2) is 13.2 Å². The van der Waals surface area contributed by atoms with Gasteiger partial charge in [-0.05, 0) is 73.4 Å². The first-order valence-corrected chi connectivity index (χ1v) is 16.4. The summed E-state index contributed by atoms with van der Waals surface area (Å²) < 4.78 is 67.1. The van der Waals surface area contributed by atoms with Crippen molar-refractivity contribution in [1.82, 2.24) is 10.2 Å². The Balaban J connectivity index is 0.00000461. The van der Waals surface area contributed by atoms with Gasteiger partial charge in [-0.15, -0.1) is 21.2 Å². The van der Waals surface area contributed by atoms with Crippen molar-refractivity contribution in [2.45, 2.75) is 51.5 Å². The molecule has 5 rings (SSSR count). The maximum atomic E-state index is 13.5. The lowest BCUT2D eigenvalue weighted by Crippen LogP contribution is -2.49. The zero-order valence-corrected chi connectivity index (χ0v) is 26.6. The van der Waals surface area contributed by atoms with Crippen LogP contribution in [0, 0.1) is 0 Å². The molecular formula is C31H37ClF2N4O6S. The summed E-state index contributed by atoms with van der Waals surface area (Å²) in [4.78, 5) is 17.2. The van der Waals surface area contributed by atoms with E-state index in [4.69, 9.17) is 4.74 Å². The van der Waals surface area contributed by atoms with Gasteiger partial charge < -0.3 is 19.5 Å². The third-order valence-electron chi connectivity index (χ3n) is 7.31. The molecule has 1 saturated heterocycles. The minimum absolute atomic E-state index is 0. The number of likely N-dealkylation sites (tertiary alicyclic amines) is 1. The maximum absolute atomic E-state index is 13.5. The van der Waals surface area contributed by atoms with E-state index in [1.54, 1.807) is 35.2 Å². The molecule has 0 radical (unpaired) electrons. The number of piperidine rings is 1. The number of nitrogens with zero attached hydrogens (tertiary/aromatic N) is 2. The Bertz CT molecular complexity index is 1550. The van der Waals surface area contributed by atoms with Gasteiger partial charge in [-0.3, -0.25) is 14.5 Å². The number of hydrogen-bond acceptors (Lipinski definition) is 7. The molecule has 1 fully saturated rings. The second-order valence-corrected chi connectivity index (χ2v) is 12.7. The number of carbonyl (C=O) groups is 1. The van der Waals surface area contributed by atoms with Crippen LogP contribution < -0.4 is 29.1 Å². The van der Waals surface area contributed by atoms with Crippen molar-refractivity contribution < 1.29 is 36.2 Å². The summed E-state index contributed by atoms with van der Waals surface area (Å²) in [6.45, 7) is 4.85. The standard InChI is InChI=1S/C31H36F2N4O6S.ClH/c1-3-4-17-37(25-9-14-28-29(20-25)43-31(32,33)42-28)30(38)34-23-15-18-36(19-16-23)21-22-5-10-26(11-6-22)41-27-12-7-24(8-13-27)35-44(2,39)40;/h5-14,20,23,35H,3-4,15-19,21H2,1-2H3,(H,34,38);1H. The van der Waals surface area contributed by atoms with Gasteiger partial charge in [0.1, 0.15) is 11.5 Å². The summed E-state index contributed by atoms with van der Waals surface area (Å²) in [5, 5.41) is 3.13. The number of rotatable bonds is 11. The number of fused-ring (bicyclic) bond motifs is 1. The Hall–Kier alpha value is -3.81. The van der Waals surface area contributed by atoms with Gasteiger partial charge >= 0.3 is 12.3 Å². The van der Waals surface area contributed by atoms with E-state index in [0.717, 1.165) is 57.1 Å². The van der Waals surface area contributed by atoms with E-state index < -0.39 is 16.3 Å². The quantitative estimate of drug-likeness (QED) is 0.238. The largest absolute Gasteiger partial charge is 0.586 e. The first-order chi connectivity index (χ1) is 21.0. The van der Waals surface area contributed by atoms with Crippen molar-refractivity contribution in [3.63, 3.8) is 0 Å². The molecule has 0 unspecified atom stereocenters. The first kappa shape index (κ1) is 34.1. The van der Waals surface area contributed by atoms with Gasteiger partial charge in [0.2, 0.25) is 10.0 Å². The molecule has 3 aromatic rings. The number of urea groups is 1. The first-order valence-electron chi connectivity index (χ1n) is 14.5. The summed E-state index contributed by atoms with van der Waals surface area (Å²) in [6.07, 6.45) is 0.585. The molecule has 2 heterocycles. The molecule has 10 nitrogen and oxygen atoms in total. The van der Waals surface area contributed by atoms with Crippen LogP contribution in [0.15, 0.2) is 66.7 Å².